The van der Waals surface area contributed by atoms with Crippen molar-refractivity contribution in [1.82, 2.24) is 9.55 Å². The number of hydrogen-bond acceptors (Lipinski definition) is 6. The van der Waals surface area contributed by atoms with Crippen molar-refractivity contribution in [3.05, 3.63) is 17.7 Å². The predicted molar refractivity (Wildman–Crippen MR) is 75.3 cm³/mol. The van der Waals surface area contributed by atoms with Gasteiger partial charge in [0.15, 0.2) is 18.2 Å². The summed E-state index contributed by atoms with van der Waals surface area (Å²) in [6.45, 7) is 6.17. The summed E-state index contributed by atoms with van der Waals surface area (Å²) in [5.74, 6) is 2.92. The van der Waals surface area contributed by atoms with E-state index in [0.29, 0.717) is 5.69 Å². The van der Waals surface area contributed by atoms with Gasteiger partial charge in [-0.2, -0.15) is 5.26 Å². The zero-order valence-electron chi connectivity index (χ0n) is 13.7. The Morgan fingerprint density at radius 2 is 1.75 bits per heavy atom. The van der Waals surface area contributed by atoms with Crippen molar-refractivity contribution in [3.8, 4) is 17.5 Å². The maximum absolute atomic E-state index is 9.91. The van der Waals surface area contributed by atoms with E-state index in [2.05, 4.69) is 36.1 Å². The van der Waals surface area contributed by atoms with E-state index in [4.69, 9.17) is 10.00 Å². The van der Waals surface area contributed by atoms with E-state index >= 15 is 0 Å². The Hall–Kier alpha value is 2.64. The van der Waals surface area contributed by atoms with Gasteiger partial charge in [-0.15, -0.1) is 5.54 Å². The van der Waals surface area contributed by atoms with Gasteiger partial charge in [0.25, 0.3) is 0 Å². The Kier molecular flexibility index (Phi) is 14.7. The van der Waals surface area contributed by atoms with Gasteiger partial charge in [-0.3, -0.25) is 4.57 Å². The van der Waals surface area contributed by atoms with E-state index in [-0.39, 0.29) is 138 Å². The minimum atomic E-state index is -1.67. The van der Waals surface area contributed by atoms with E-state index in [1.807, 2.05) is 6.07 Å². The number of nitrogens with zero attached hydrogens (tertiary/aromatic N) is 3. The second-order valence-electron chi connectivity index (χ2n) is 5.86. The molecule has 4 atom stereocenters. The van der Waals surface area contributed by atoms with Gasteiger partial charge >= 0.3 is 0 Å². The fourth-order valence-electron chi connectivity index (χ4n) is 1.88. The summed E-state index contributed by atoms with van der Waals surface area (Å²) in [6, 6.07) is 1.93. The van der Waals surface area contributed by atoms with E-state index < -0.39 is 32.8 Å². The third-order valence-electron chi connectivity index (χ3n) is 2.94. The van der Waals surface area contributed by atoms with Crippen LogP contribution in [0.1, 0.15) is 17.6 Å². The molecule has 2 rings (SSSR count). The normalized spacial score (nSPS) is 25.2. The summed E-state index contributed by atoms with van der Waals surface area (Å²) in [5.41, 5.74) is 3.54. The molecule has 1 aromatic rings. The van der Waals surface area contributed by atoms with Crippen LogP contribution in [-0.2, 0) is 4.74 Å². The number of aromatic nitrogens is 2. The van der Waals surface area contributed by atoms with Gasteiger partial charge in [0, 0.05) is 132 Å². The maximum atomic E-state index is 9.91. The quantitative estimate of drug-likeness (QED) is 0.260. The molecule has 0 bridgehead atoms. The first kappa shape index (κ1) is 28.8. The third kappa shape index (κ3) is 7.23. The number of rotatable bonds is 1. The molecule has 2 heterocycles. The van der Waals surface area contributed by atoms with Crippen LogP contribution >= 0.6 is 0 Å². The third-order valence-corrected chi connectivity index (χ3v) is 3.82. The Morgan fingerprint density at radius 3 is 2.17 bits per heavy atom. The first-order valence-corrected chi connectivity index (χ1v) is 9.94. The standard InChI is InChI=1S/C13H17N3O4Si.3Ac/c1-21(2,3)5-4-9-8(6-14)15-7-16(9)12-10(17)11(18)13(19)20-12;;;/h7,10-13,17-19H,1-3H3;;;/t10-,11+,12?,13-;;;/m0.../s1. The van der Waals surface area contributed by atoms with Crippen LogP contribution in [0, 0.1) is 155 Å². The van der Waals surface area contributed by atoms with Crippen LogP contribution in [0.2, 0.25) is 19.6 Å². The van der Waals surface area contributed by atoms with Crippen LogP contribution < -0.4 is 0 Å². The molecule has 1 unspecified atom stereocenters. The molecule has 1 saturated heterocycles. The van der Waals surface area contributed by atoms with Crippen LogP contribution in [0.3, 0.4) is 0 Å². The molecule has 3 N–H and O–H groups in total. The molecule has 24 heavy (non-hydrogen) atoms. The zero-order valence-corrected chi connectivity index (χ0v) is 28.9. The molecule has 0 aromatic carbocycles. The number of aliphatic hydroxyl groups is 3. The van der Waals surface area contributed by atoms with Crippen molar-refractivity contribution in [2.24, 2.45) is 0 Å². The maximum Gasteiger partial charge on any atom is 0.186 e. The van der Waals surface area contributed by atoms with Crippen LogP contribution in [0.5, 0.6) is 0 Å². The fraction of sp³-hybridized carbons (Fsp3) is 0.538. The second kappa shape index (κ2) is 12.3. The molecule has 1 aliphatic rings. The minimum Gasteiger partial charge on any atom is -0.385 e. The monoisotopic (exact) mass is 988 g/mol. The Balaban J connectivity index is 0. The summed E-state index contributed by atoms with van der Waals surface area (Å²) in [7, 11) is -1.67. The van der Waals surface area contributed by atoms with E-state index in [1.165, 1.54) is 10.9 Å². The summed E-state index contributed by atoms with van der Waals surface area (Å²) in [5, 5.41) is 38.0. The number of hydrogen-bond donors (Lipinski definition) is 3. The van der Waals surface area contributed by atoms with Gasteiger partial charge < -0.3 is 20.1 Å². The molecule has 1 aliphatic heterocycles. The molecule has 7 nitrogen and oxygen atoms in total. The van der Waals surface area contributed by atoms with E-state index in [0.717, 1.165) is 0 Å². The van der Waals surface area contributed by atoms with Gasteiger partial charge in [-0.25, -0.2) is 4.98 Å². The molecule has 0 saturated carbocycles. The minimum absolute atomic E-state index is 0. The van der Waals surface area contributed by atoms with Gasteiger partial charge in [0.2, 0.25) is 0 Å². The molecule has 121 valence electrons. The van der Waals surface area contributed by atoms with E-state index in [9.17, 15) is 15.3 Å². The molecule has 0 aliphatic carbocycles. The average molecular weight is 988 g/mol. The summed E-state index contributed by atoms with van der Waals surface area (Å²) in [6.07, 6.45) is -3.95. The molecule has 1 aromatic heterocycles. The van der Waals surface area contributed by atoms with Crippen molar-refractivity contribution in [2.75, 3.05) is 0 Å². The topological polar surface area (TPSA) is 112 Å². The van der Waals surface area contributed by atoms with Crippen molar-refractivity contribution in [1.29, 1.82) is 5.26 Å². The second-order valence-corrected chi connectivity index (χ2v) is 10.6. The van der Waals surface area contributed by atoms with Gasteiger partial charge in [-0.05, 0) is 0 Å². The first-order chi connectivity index (χ1) is 9.74. The van der Waals surface area contributed by atoms with Crippen LogP contribution in [0.15, 0.2) is 6.33 Å². The summed E-state index contributed by atoms with van der Waals surface area (Å²) in [4.78, 5) is 3.92. The van der Waals surface area contributed by atoms with Crippen molar-refractivity contribution in [2.45, 2.75) is 44.4 Å². The Morgan fingerprint density at radius 1 is 1.17 bits per heavy atom. The van der Waals surface area contributed by atoms with Crippen molar-refractivity contribution in [3.63, 3.8) is 0 Å². The Bertz CT molecular complexity index is 648. The molecule has 3 radical (unpaired) electrons. The largest absolute Gasteiger partial charge is 0.385 e. The SMILES string of the molecule is C[Si](C)(C)C#Cc1c(C#N)ncn1C1O[C@H](O)[C@H](O)[C@@H]1O.[Ac].[Ac].[Ac]. The Labute approximate surface area is 249 Å². The molecule has 11 heteroatoms. The van der Waals surface area contributed by atoms with Crippen molar-refractivity contribution < 1.29 is 152 Å². The smallest absolute Gasteiger partial charge is 0.186 e. The van der Waals surface area contributed by atoms with Gasteiger partial charge in [0.05, 0.1) is 6.33 Å². The molecule has 1 fully saturated rings. The summed E-state index contributed by atoms with van der Waals surface area (Å²) < 4.78 is 6.49. The molecule has 0 spiro atoms. The van der Waals surface area contributed by atoms with Crippen LogP contribution in [0.25, 0.3) is 0 Å². The van der Waals surface area contributed by atoms with Crippen molar-refractivity contribution >= 4 is 8.07 Å². The first-order valence-electron chi connectivity index (χ1n) is 6.44. The van der Waals surface area contributed by atoms with E-state index in [1.54, 1.807) is 0 Å². The van der Waals surface area contributed by atoms with Crippen LogP contribution in [-0.4, -0.2) is 51.4 Å². The molecule has 0 amide bonds. The summed E-state index contributed by atoms with van der Waals surface area (Å²) >= 11 is 0. The van der Waals surface area contributed by atoms with Gasteiger partial charge in [0.1, 0.15) is 32.0 Å². The fourth-order valence-corrected chi connectivity index (χ4v) is 2.37. The molecular weight excluding hydrogens is 971 g/mol. The predicted octanol–water partition coefficient (Wildman–Crippen LogP) is -0.447. The van der Waals surface area contributed by atoms with Gasteiger partial charge in [-0.1, -0.05) is 25.6 Å². The zero-order chi connectivity index (χ0) is 15.8. The number of imidazole rings is 1. The number of nitriles is 1. The average Bonchev–Trinajstić information content (AvgIpc) is 2.91. The molecular formula is C13H17Ac3N3O4Si. The number of aliphatic hydroxyl groups excluding tert-OH is 3. The van der Waals surface area contributed by atoms with Crippen LogP contribution in [0.4, 0.5) is 0 Å². The number of ether oxygens (including phenoxy) is 1.